The minimum Gasteiger partial charge on any atom is -0.456 e. The standard InChI is InChI=1S/C18H10BrClO/c19-15-10-11(20)8-9-12(15)13-5-3-7-17-18(13)14-4-1-2-6-16(14)21-17/h1-10H. The van der Waals surface area contributed by atoms with Gasteiger partial charge in [0.25, 0.3) is 0 Å². The Bertz CT molecular complexity index is 971. The highest BCUT2D eigenvalue weighted by Gasteiger charge is 2.13. The van der Waals surface area contributed by atoms with E-state index in [1.165, 1.54) is 0 Å². The molecule has 0 N–H and O–H groups in total. The average Bonchev–Trinajstić information content (AvgIpc) is 2.86. The zero-order valence-corrected chi connectivity index (χ0v) is 13.3. The van der Waals surface area contributed by atoms with Gasteiger partial charge in [0.1, 0.15) is 11.2 Å². The van der Waals surface area contributed by atoms with Crippen molar-refractivity contribution in [3.8, 4) is 11.1 Å². The van der Waals surface area contributed by atoms with E-state index in [0.29, 0.717) is 0 Å². The van der Waals surface area contributed by atoms with Crippen LogP contribution in [0.4, 0.5) is 0 Å². The van der Waals surface area contributed by atoms with E-state index >= 15 is 0 Å². The summed E-state index contributed by atoms with van der Waals surface area (Å²) in [6.45, 7) is 0. The summed E-state index contributed by atoms with van der Waals surface area (Å²) in [6.07, 6.45) is 0. The first-order valence-electron chi connectivity index (χ1n) is 6.60. The summed E-state index contributed by atoms with van der Waals surface area (Å²) in [7, 11) is 0. The van der Waals surface area contributed by atoms with Crippen molar-refractivity contribution in [3.05, 3.63) is 70.2 Å². The fraction of sp³-hybridized carbons (Fsp3) is 0. The number of hydrogen-bond acceptors (Lipinski definition) is 1. The van der Waals surface area contributed by atoms with Gasteiger partial charge in [0.05, 0.1) is 0 Å². The second-order valence-electron chi connectivity index (χ2n) is 4.90. The van der Waals surface area contributed by atoms with Crippen LogP contribution in [0.15, 0.2) is 69.6 Å². The lowest BCUT2D eigenvalue weighted by Crippen LogP contribution is -1.81. The molecule has 0 spiro atoms. The summed E-state index contributed by atoms with van der Waals surface area (Å²) in [6, 6.07) is 20.1. The maximum absolute atomic E-state index is 6.05. The van der Waals surface area contributed by atoms with E-state index in [0.717, 1.165) is 42.6 Å². The number of fused-ring (bicyclic) bond motifs is 3. The Morgan fingerprint density at radius 1 is 0.810 bits per heavy atom. The van der Waals surface area contributed by atoms with E-state index in [4.69, 9.17) is 16.0 Å². The number of halogens is 2. The van der Waals surface area contributed by atoms with Crippen LogP contribution in [0.5, 0.6) is 0 Å². The quantitative estimate of drug-likeness (QED) is 0.371. The highest BCUT2D eigenvalue weighted by molar-refractivity contribution is 9.10. The van der Waals surface area contributed by atoms with Gasteiger partial charge in [-0.15, -0.1) is 0 Å². The van der Waals surface area contributed by atoms with Crippen LogP contribution in [-0.4, -0.2) is 0 Å². The first-order chi connectivity index (χ1) is 10.2. The van der Waals surface area contributed by atoms with Crippen molar-refractivity contribution < 1.29 is 4.42 Å². The second kappa shape index (κ2) is 4.90. The summed E-state index contributed by atoms with van der Waals surface area (Å²) in [5, 5.41) is 2.98. The summed E-state index contributed by atoms with van der Waals surface area (Å²) in [4.78, 5) is 0. The van der Waals surface area contributed by atoms with Gasteiger partial charge in [-0.05, 0) is 35.4 Å². The van der Waals surface area contributed by atoms with Gasteiger partial charge in [0, 0.05) is 20.3 Å². The predicted molar refractivity (Wildman–Crippen MR) is 91.9 cm³/mol. The largest absolute Gasteiger partial charge is 0.456 e. The molecule has 1 nitrogen and oxygen atoms in total. The van der Waals surface area contributed by atoms with Gasteiger partial charge in [0.2, 0.25) is 0 Å². The number of hydrogen-bond donors (Lipinski definition) is 0. The van der Waals surface area contributed by atoms with Crippen molar-refractivity contribution in [3.63, 3.8) is 0 Å². The van der Waals surface area contributed by atoms with E-state index in [1.54, 1.807) is 0 Å². The van der Waals surface area contributed by atoms with Crippen molar-refractivity contribution in [1.82, 2.24) is 0 Å². The lowest BCUT2D eigenvalue weighted by atomic mass is 9.99. The Kier molecular flexibility index (Phi) is 3.02. The highest BCUT2D eigenvalue weighted by Crippen LogP contribution is 2.39. The van der Waals surface area contributed by atoms with Crippen LogP contribution >= 0.6 is 27.5 Å². The van der Waals surface area contributed by atoms with Crippen molar-refractivity contribution >= 4 is 49.5 Å². The molecule has 1 heterocycles. The Balaban J connectivity index is 2.13. The van der Waals surface area contributed by atoms with Gasteiger partial charge in [-0.3, -0.25) is 0 Å². The molecule has 0 aliphatic rings. The minimum absolute atomic E-state index is 0.717. The molecule has 0 fully saturated rings. The van der Waals surface area contributed by atoms with E-state index in [2.05, 4.69) is 28.1 Å². The van der Waals surface area contributed by atoms with Crippen LogP contribution in [0.25, 0.3) is 33.1 Å². The zero-order chi connectivity index (χ0) is 14.4. The third-order valence-electron chi connectivity index (χ3n) is 3.62. The van der Waals surface area contributed by atoms with E-state index < -0.39 is 0 Å². The van der Waals surface area contributed by atoms with Crippen molar-refractivity contribution in [2.45, 2.75) is 0 Å². The molecule has 0 amide bonds. The SMILES string of the molecule is Clc1ccc(-c2cccc3oc4ccccc4c23)c(Br)c1. The molecule has 0 bridgehead atoms. The smallest absolute Gasteiger partial charge is 0.136 e. The average molecular weight is 358 g/mol. The summed E-state index contributed by atoms with van der Waals surface area (Å²) >= 11 is 9.65. The third-order valence-corrected chi connectivity index (χ3v) is 4.52. The molecule has 0 saturated heterocycles. The van der Waals surface area contributed by atoms with Crippen LogP contribution in [0, 0.1) is 0 Å². The molecule has 3 heteroatoms. The predicted octanol–water partition coefficient (Wildman–Crippen LogP) is 6.67. The molecule has 3 aromatic carbocycles. The topological polar surface area (TPSA) is 13.1 Å². The molecule has 0 aliphatic heterocycles. The molecular formula is C18H10BrClO. The lowest BCUT2D eigenvalue weighted by Gasteiger charge is -2.07. The van der Waals surface area contributed by atoms with Crippen LogP contribution in [-0.2, 0) is 0 Å². The minimum atomic E-state index is 0.717. The molecule has 0 aliphatic carbocycles. The molecule has 0 atom stereocenters. The molecular weight excluding hydrogens is 348 g/mol. The van der Waals surface area contributed by atoms with Gasteiger partial charge in [-0.25, -0.2) is 0 Å². The zero-order valence-electron chi connectivity index (χ0n) is 10.9. The molecule has 0 radical (unpaired) electrons. The fourth-order valence-electron chi connectivity index (χ4n) is 2.71. The molecule has 0 unspecified atom stereocenters. The molecule has 4 rings (SSSR count). The molecule has 4 aromatic rings. The molecule has 1 aromatic heterocycles. The van der Waals surface area contributed by atoms with Crippen LogP contribution in [0.1, 0.15) is 0 Å². The van der Waals surface area contributed by atoms with Gasteiger partial charge in [-0.2, -0.15) is 0 Å². The van der Waals surface area contributed by atoms with Crippen LogP contribution < -0.4 is 0 Å². The van der Waals surface area contributed by atoms with Crippen LogP contribution in [0.3, 0.4) is 0 Å². The first kappa shape index (κ1) is 12.9. The summed E-state index contributed by atoms with van der Waals surface area (Å²) in [5.41, 5.74) is 4.05. The number of benzene rings is 3. The maximum atomic E-state index is 6.05. The molecule has 0 saturated carbocycles. The maximum Gasteiger partial charge on any atom is 0.136 e. The summed E-state index contributed by atoms with van der Waals surface area (Å²) in [5.74, 6) is 0. The third kappa shape index (κ3) is 2.06. The van der Waals surface area contributed by atoms with Crippen molar-refractivity contribution in [2.75, 3.05) is 0 Å². The number of furan rings is 1. The Labute approximate surface area is 135 Å². The van der Waals surface area contributed by atoms with Gasteiger partial charge in [-0.1, -0.05) is 63.9 Å². The molecule has 21 heavy (non-hydrogen) atoms. The normalized spacial score (nSPS) is 11.3. The lowest BCUT2D eigenvalue weighted by molar-refractivity contribution is 0.669. The Morgan fingerprint density at radius 3 is 2.48 bits per heavy atom. The number of para-hydroxylation sites is 1. The van der Waals surface area contributed by atoms with Crippen molar-refractivity contribution in [2.24, 2.45) is 0 Å². The van der Waals surface area contributed by atoms with E-state index in [1.807, 2.05) is 48.5 Å². The summed E-state index contributed by atoms with van der Waals surface area (Å²) < 4.78 is 6.92. The highest BCUT2D eigenvalue weighted by atomic mass is 79.9. The first-order valence-corrected chi connectivity index (χ1v) is 7.77. The Morgan fingerprint density at radius 2 is 1.62 bits per heavy atom. The van der Waals surface area contributed by atoms with Crippen LogP contribution in [0.2, 0.25) is 5.02 Å². The van der Waals surface area contributed by atoms with Gasteiger partial charge >= 0.3 is 0 Å². The number of rotatable bonds is 1. The van der Waals surface area contributed by atoms with Gasteiger partial charge < -0.3 is 4.42 Å². The molecule has 102 valence electrons. The van der Waals surface area contributed by atoms with Gasteiger partial charge in [0.15, 0.2) is 0 Å². The van der Waals surface area contributed by atoms with Crippen molar-refractivity contribution in [1.29, 1.82) is 0 Å². The van der Waals surface area contributed by atoms with E-state index in [9.17, 15) is 0 Å². The fourth-order valence-corrected chi connectivity index (χ4v) is 3.60. The van der Waals surface area contributed by atoms with E-state index in [-0.39, 0.29) is 0 Å². The second-order valence-corrected chi connectivity index (χ2v) is 6.19. The Hall–Kier alpha value is -1.77. The monoisotopic (exact) mass is 356 g/mol.